The molecule has 3 N–H and O–H groups in total. The van der Waals surface area contributed by atoms with Crippen molar-refractivity contribution < 1.29 is 13.2 Å². The van der Waals surface area contributed by atoms with E-state index in [0.717, 1.165) is 19.3 Å². The molecule has 2 nitrogen and oxygen atoms in total. The van der Waals surface area contributed by atoms with E-state index in [1.165, 1.54) is 0 Å². The maximum Gasteiger partial charge on any atom is 0.390 e. The Morgan fingerprint density at radius 2 is 2.00 bits per heavy atom. The quantitative estimate of drug-likeness (QED) is 0.750. The van der Waals surface area contributed by atoms with Crippen molar-refractivity contribution in [1.82, 2.24) is 5.32 Å². The molecule has 90 valence electrons. The van der Waals surface area contributed by atoms with Crippen LogP contribution in [0.5, 0.6) is 0 Å². The predicted molar refractivity (Wildman–Crippen MR) is 53.5 cm³/mol. The molecule has 0 aromatic carbocycles. The SMILES string of the molecule is CC(CC(F)(F)F)NCC1(CN)CCC1. The average Bonchev–Trinajstić information content (AvgIpc) is 1.99. The van der Waals surface area contributed by atoms with Gasteiger partial charge in [0.1, 0.15) is 0 Å². The Bertz CT molecular complexity index is 194. The van der Waals surface area contributed by atoms with Gasteiger partial charge in [-0.05, 0) is 31.7 Å². The van der Waals surface area contributed by atoms with E-state index in [0.29, 0.717) is 13.1 Å². The molecule has 0 saturated heterocycles. The highest BCUT2D eigenvalue weighted by Gasteiger charge is 2.36. The highest BCUT2D eigenvalue weighted by atomic mass is 19.4. The Labute approximate surface area is 88.4 Å². The summed E-state index contributed by atoms with van der Waals surface area (Å²) in [7, 11) is 0. The van der Waals surface area contributed by atoms with Gasteiger partial charge in [0.2, 0.25) is 0 Å². The summed E-state index contributed by atoms with van der Waals surface area (Å²) in [5, 5.41) is 2.93. The van der Waals surface area contributed by atoms with Crippen LogP contribution in [0.2, 0.25) is 0 Å². The number of nitrogens with one attached hydrogen (secondary N) is 1. The van der Waals surface area contributed by atoms with Gasteiger partial charge in [0.15, 0.2) is 0 Å². The zero-order chi connectivity index (χ0) is 11.5. The van der Waals surface area contributed by atoms with Crippen molar-refractivity contribution >= 4 is 0 Å². The Morgan fingerprint density at radius 1 is 1.40 bits per heavy atom. The summed E-state index contributed by atoms with van der Waals surface area (Å²) in [6.07, 6.45) is -1.63. The maximum atomic E-state index is 12.0. The van der Waals surface area contributed by atoms with E-state index in [4.69, 9.17) is 5.73 Å². The van der Waals surface area contributed by atoms with E-state index < -0.39 is 18.6 Å². The Balaban J connectivity index is 2.24. The summed E-state index contributed by atoms with van der Waals surface area (Å²) in [6, 6.07) is -0.519. The van der Waals surface area contributed by atoms with Crippen LogP contribution < -0.4 is 11.1 Å². The van der Waals surface area contributed by atoms with Crippen LogP contribution in [-0.4, -0.2) is 25.3 Å². The molecule has 0 aromatic heterocycles. The summed E-state index contributed by atoms with van der Waals surface area (Å²) in [5.41, 5.74) is 5.69. The first-order chi connectivity index (χ1) is 6.87. The van der Waals surface area contributed by atoms with Crippen molar-refractivity contribution in [2.45, 2.75) is 44.8 Å². The predicted octanol–water partition coefficient (Wildman–Crippen LogP) is 2.05. The molecule has 0 bridgehead atoms. The standard InChI is InChI=1S/C10H19F3N2/c1-8(5-10(11,12)13)15-7-9(6-14)3-2-4-9/h8,15H,2-7,14H2,1H3. The van der Waals surface area contributed by atoms with E-state index in [2.05, 4.69) is 5.32 Å². The van der Waals surface area contributed by atoms with E-state index >= 15 is 0 Å². The number of hydrogen-bond acceptors (Lipinski definition) is 2. The van der Waals surface area contributed by atoms with Gasteiger partial charge >= 0.3 is 6.18 Å². The number of hydrogen-bond donors (Lipinski definition) is 2. The smallest absolute Gasteiger partial charge is 0.330 e. The van der Waals surface area contributed by atoms with Crippen molar-refractivity contribution in [2.75, 3.05) is 13.1 Å². The fourth-order valence-corrected chi connectivity index (χ4v) is 1.94. The van der Waals surface area contributed by atoms with Gasteiger partial charge in [0.25, 0.3) is 0 Å². The van der Waals surface area contributed by atoms with Gasteiger partial charge in [-0.25, -0.2) is 0 Å². The number of nitrogens with two attached hydrogens (primary N) is 1. The first kappa shape index (κ1) is 12.8. The van der Waals surface area contributed by atoms with Crippen LogP contribution in [-0.2, 0) is 0 Å². The Morgan fingerprint density at radius 3 is 2.33 bits per heavy atom. The van der Waals surface area contributed by atoms with Gasteiger partial charge in [-0.1, -0.05) is 6.42 Å². The van der Waals surface area contributed by atoms with E-state index in [9.17, 15) is 13.2 Å². The van der Waals surface area contributed by atoms with Crippen LogP contribution in [0.4, 0.5) is 13.2 Å². The minimum atomic E-state index is -4.08. The van der Waals surface area contributed by atoms with Crippen LogP contribution in [0.1, 0.15) is 32.6 Å². The molecule has 1 aliphatic carbocycles. The largest absolute Gasteiger partial charge is 0.390 e. The van der Waals surface area contributed by atoms with Crippen LogP contribution in [0.3, 0.4) is 0 Å². The molecule has 5 heteroatoms. The second kappa shape index (κ2) is 4.70. The van der Waals surface area contributed by atoms with Crippen LogP contribution in [0.25, 0.3) is 0 Å². The Hall–Kier alpha value is -0.290. The molecular weight excluding hydrogens is 205 g/mol. The minimum absolute atomic E-state index is 0.0693. The molecule has 0 amide bonds. The number of rotatable bonds is 5. The third kappa shape index (κ3) is 3.99. The lowest BCUT2D eigenvalue weighted by molar-refractivity contribution is -0.139. The van der Waals surface area contributed by atoms with Crippen LogP contribution in [0, 0.1) is 5.41 Å². The zero-order valence-corrected chi connectivity index (χ0v) is 9.03. The van der Waals surface area contributed by atoms with Gasteiger partial charge in [-0.15, -0.1) is 0 Å². The molecule has 1 aliphatic rings. The highest BCUT2D eigenvalue weighted by Crippen LogP contribution is 2.39. The molecule has 0 spiro atoms. The second-order valence-corrected chi connectivity index (χ2v) is 4.66. The van der Waals surface area contributed by atoms with Gasteiger partial charge in [0, 0.05) is 12.6 Å². The van der Waals surface area contributed by atoms with E-state index in [1.54, 1.807) is 6.92 Å². The third-order valence-corrected chi connectivity index (χ3v) is 3.21. The maximum absolute atomic E-state index is 12.0. The molecule has 0 radical (unpaired) electrons. The number of alkyl halides is 3. The van der Waals surface area contributed by atoms with E-state index in [-0.39, 0.29) is 5.41 Å². The first-order valence-corrected chi connectivity index (χ1v) is 5.37. The minimum Gasteiger partial charge on any atom is -0.330 e. The lowest BCUT2D eigenvalue weighted by Gasteiger charge is -2.42. The molecule has 1 rings (SSSR count). The van der Waals surface area contributed by atoms with E-state index in [1.807, 2.05) is 0 Å². The summed E-state index contributed by atoms with van der Waals surface area (Å²) in [5.74, 6) is 0. The average molecular weight is 224 g/mol. The van der Waals surface area contributed by atoms with Crippen LogP contribution >= 0.6 is 0 Å². The fraction of sp³-hybridized carbons (Fsp3) is 1.00. The molecule has 1 atom stereocenters. The molecule has 1 unspecified atom stereocenters. The lowest BCUT2D eigenvalue weighted by Crippen LogP contribution is -2.48. The number of halogens is 3. The van der Waals surface area contributed by atoms with Crippen molar-refractivity contribution in [3.05, 3.63) is 0 Å². The fourth-order valence-electron chi connectivity index (χ4n) is 1.94. The molecular formula is C10H19F3N2. The highest BCUT2D eigenvalue weighted by molar-refractivity contribution is 4.91. The van der Waals surface area contributed by atoms with Gasteiger partial charge < -0.3 is 11.1 Å². The molecule has 0 aliphatic heterocycles. The zero-order valence-electron chi connectivity index (χ0n) is 9.03. The van der Waals surface area contributed by atoms with Gasteiger partial charge in [-0.3, -0.25) is 0 Å². The summed E-state index contributed by atoms with van der Waals surface area (Å²) >= 11 is 0. The van der Waals surface area contributed by atoms with Gasteiger partial charge in [-0.2, -0.15) is 13.2 Å². The summed E-state index contributed by atoms with van der Waals surface area (Å²) in [4.78, 5) is 0. The summed E-state index contributed by atoms with van der Waals surface area (Å²) in [6.45, 7) is 2.75. The monoisotopic (exact) mass is 224 g/mol. The lowest BCUT2D eigenvalue weighted by atomic mass is 9.68. The van der Waals surface area contributed by atoms with Crippen LogP contribution in [0.15, 0.2) is 0 Å². The molecule has 0 heterocycles. The molecule has 0 aromatic rings. The topological polar surface area (TPSA) is 38.0 Å². The van der Waals surface area contributed by atoms with Crippen molar-refractivity contribution in [3.8, 4) is 0 Å². The van der Waals surface area contributed by atoms with Gasteiger partial charge in [0.05, 0.1) is 6.42 Å². The van der Waals surface area contributed by atoms with Crippen molar-refractivity contribution in [2.24, 2.45) is 11.1 Å². The third-order valence-electron chi connectivity index (χ3n) is 3.21. The normalized spacial score (nSPS) is 22.2. The molecule has 1 fully saturated rings. The second-order valence-electron chi connectivity index (χ2n) is 4.66. The molecule has 1 saturated carbocycles. The summed E-state index contributed by atoms with van der Waals surface area (Å²) < 4.78 is 36.1. The molecule has 15 heavy (non-hydrogen) atoms. The Kier molecular flexibility index (Phi) is 4.00. The van der Waals surface area contributed by atoms with Crippen molar-refractivity contribution in [3.63, 3.8) is 0 Å². The first-order valence-electron chi connectivity index (χ1n) is 5.37. The van der Waals surface area contributed by atoms with Crippen molar-refractivity contribution in [1.29, 1.82) is 0 Å².